The summed E-state index contributed by atoms with van der Waals surface area (Å²) in [5.41, 5.74) is 5.55. The molecule has 0 saturated carbocycles. The second kappa shape index (κ2) is 7.09. The van der Waals surface area contributed by atoms with Gasteiger partial charge in [0.15, 0.2) is 0 Å². The fourth-order valence-electron chi connectivity index (χ4n) is 2.27. The lowest BCUT2D eigenvalue weighted by Gasteiger charge is -2.05. The number of hydrogen-bond donors (Lipinski definition) is 1. The van der Waals surface area contributed by atoms with Crippen molar-refractivity contribution in [2.45, 2.75) is 6.54 Å². The summed E-state index contributed by atoms with van der Waals surface area (Å²) in [6.07, 6.45) is 0. The van der Waals surface area contributed by atoms with E-state index < -0.39 is 17.6 Å². The van der Waals surface area contributed by atoms with Crippen molar-refractivity contribution in [3.8, 4) is 5.00 Å². The van der Waals surface area contributed by atoms with Crippen LogP contribution in [0.1, 0.15) is 25.6 Å². The normalized spacial score (nSPS) is 10.7. The predicted molar refractivity (Wildman–Crippen MR) is 94.0 cm³/mol. The van der Waals surface area contributed by atoms with E-state index in [1.807, 2.05) is 0 Å². The first kappa shape index (κ1) is 17.8. The van der Waals surface area contributed by atoms with Crippen molar-refractivity contribution in [1.29, 1.82) is 0 Å². The second-order valence-corrected chi connectivity index (χ2v) is 6.89. The number of hydrogen-bond acceptors (Lipinski definition) is 10. The van der Waals surface area contributed by atoms with Crippen molar-refractivity contribution in [3.63, 3.8) is 0 Å². The third-order valence-corrected chi connectivity index (χ3v) is 5.34. The SMILES string of the molecule is COC(=O)c1sc(N)c(C(=O)OC)c1Cn1nnn(-c2cccs2)c1=O. The Bertz CT molecular complexity index is 1020. The van der Waals surface area contributed by atoms with E-state index >= 15 is 0 Å². The Morgan fingerprint density at radius 2 is 1.96 bits per heavy atom. The summed E-state index contributed by atoms with van der Waals surface area (Å²) in [4.78, 5) is 36.7. The van der Waals surface area contributed by atoms with Gasteiger partial charge in [-0.15, -0.1) is 22.7 Å². The molecule has 136 valence electrons. The fourth-order valence-corrected chi connectivity index (χ4v) is 3.92. The molecule has 0 aliphatic rings. The van der Waals surface area contributed by atoms with Crippen molar-refractivity contribution in [3.05, 3.63) is 44.0 Å². The number of ether oxygens (including phenoxy) is 2. The summed E-state index contributed by atoms with van der Waals surface area (Å²) in [6.45, 7) is -0.188. The van der Waals surface area contributed by atoms with Crippen LogP contribution in [0.4, 0.5) is 5.00 Å². The summed E-state index contributed by atoms with van der Waals surface area (Å²) >= 11 is 2.20. The van der Waals surface area contributed by atoms with Crippen LogP contribution in [0.2, 0.25) is 0 Å². The smallest absolute Gasteiger partial charge is 0.369 e. The number of nitrogens with two attached hydrogens (primary N) is 1. The van der Waals surface area contributed by atoms with E-state index in [2.05, 4.69) is 10.4 Å². The van der Waals surface area contributed by atoms with Crippen LogP contribution in [0.3, 0.4) is 0 Å². The summed E-state index contributed by atoms with van der Waals surface area (Å²) in [5, 5.41) is 10.1. The molecule has 0 fully saturated rings. The first-order valence-corrected chi connectivity index (χ1v) is 8.82. The summed E-state index contributed by atoms with van der Waals surface area (Å²) < 4.78 is 11.6. The lowest BCUT2D eigenvalue weighted by molar-refractivity contribution is 0.0601. The van der Waals surface area contributed by atoms with Crippen molar-refractivity contribution < 1.29 is 19.1 Å². The van der Waals surface area contributed by atoms with Gasteiger partial charge in [-0.05, 0) is 27.9 Å². The van der Waals surface area contributed by atoms with Crippen LogP contribution in [-0.2, 0) is 16.0 Å². The number of aromatic nitrogens is 4. The molecule has 10 nitrogen and oxygen atoms in total. The van der Waals surface area contributed by atoms with Gasteiger partial charge in [0.05, 0.1) is 26.3 Å². The number of nitrogen functional groups attached to an aromatic ring is 1. The van der Waals surface area contributed by atoms with Crippen LogP contribution in [0, 0.1) is 0 Å². The highest BCUT2D eigenvalue weighted by Crippen LogP contribution is 2.32. The lowest BCUT2D eigenvalue weighted by atomic mass is 10.1. The van der Waals surface area contributed by atoms with Crippen molar-refractivity contribution in [1.82, 2.24) is 19.8 Å². The van der Waals surface area contributed by atoms with Crippen LogP contribution in [0.5, 0.6) is 0 Å². The van der Waals surface area contributed by atoms with E-state index in [0.29, 0.717) is 5.00 Å². The van der Waals surface area contributed by atoms with Gasteiger partial charge < -0.3 is 15.2 Å². The topological polar surface area (TPSA) is 131 Å². The minimum Gasteiger partial charge on any atom is -0.465 e. The molecule has 0 aliphatic carbocycles. The van der Waals surface area contributed by atoms with Crippen molar-refractivity contribution in [2.75, 3.05) is 20.0 Å². The third kappa shape index (κ3) is 2.99. The van der Waals surface area contributed by atoms with Crippen LogP contribution in [0.25, 0.3) is 5.00 Å². The van der Waals surface area contributed by atoms with Gasteiger partial charge in [0.2, 0.25) is 0 Å². The molecule has 0 spiro atoms. The highest BCUT2D eigenvalue weighted by Gasteiger charge is 2.28. The fraction of sp³-hybridized carbons (Fsp3) is 0.214. The number of methoxy groups -OCH3 is 2. The van der Waals surface area contributed by atoms with E-state index in [4.69, 9.17) is 15.2 Å². The van der Waals surface area contributed by atoms with Gasteiger partial charge >= 0.3 is 17.6 Å². The first-order chi connectivity index (χ1) is 12.5. The van der Waals surface area contributed by atoms with E-state index in [-0.39, 0.29) is 27.5 Å². The lowest BCUT2D eigenvalue weighted by Crippen LogP contribution is -2.25. The zero-order valence-corrected chi connectivity index (χ0v) is 15.3. The Balaban J connectivity index is 2.08. The van der Waals surface area contributed by atoms with E-state index in [0.717, 1.165) is 20.7 Å². The molecule has 0 atom stereocenters. The first-order valence-electron chi connectivity index (χ1n) is 7.12. The van der Waals surface area contributed by atoms with E-state index in [1.165, 1.54) is 25.6 Å². The number of carbonyl (C=O) groups is 2. The Morgan fingerprint density at radius 1 is 1.23 bits per heavy atom. The summed E-state index contributed by atoms with van der Waals surface area (Å²) in [6, 6.07) is 3.49. The van der Waals surface area contributed by atoms with Gasteiger partial charge in [0.1, 0.15) is 14.9 Å². The molecule has 0 amide bonds. The number of rotatable bonds is 5. The highest BCUT2D eigenvalue weighted by atomic mass is 32.1. The van der Waals surface area contributed by atoms with Gasteiger partial charge in [-0.2, -0.15) is 9.36 Å². The average molecular weight is 395 g/mol. The highest BCUT2D eigenvalue weighted by molar-refractivity contribution is 7.18. The minimum absolute atomic E-state index is 0.00970. The maximum absolute atomic E-state index is 12.5. The second-order valence-electron chi connectivity index (χ2n) is 4.91. The molecule has 0 bridgehead atoms. The molecule has 3 aromatic heterocycles. The molecule has 0 aromatic carbocycles. The number of nitrogens with zero attached hydrogens (tertiary/aromatic N) is 4. The van der Waals surface area contributed by atoms with Crippen LogP contribution in [0.15, 0.2) is 22.3 Å². The molecule has 0 unspecified atom stereocenters. The zero-order chi connectivity index (χ0) is 18.8. The Labute approximate surface area is 154 Å². The molecular weight excluding hydrogens is 382 g/mol. The standard InChI is InChI=1S/C14H13N5O5S2/c1-23-12(20)9-7(10(13(21)24-2)26-11(9)15)6-18-14(22)19(17-16-18)8-4-3-5-25-8/h3-5H,6,15H2,1-2H3. The molecule has 3 aromatic rings. The maximum atomic E-state index is 12.5. The molecule has 0 radical (unpaired) electrons. The maximum Gasteiger partial charge on any atom is 0.369 e. The summed E-state index contributed by atoms with van der Waals surface area (Å²) in [7, 11) is 2.40. The quantitative estimate of drug-likeness (QED) is 0.626. The molecule has 0 aliphatic heterocycles. The largest absolute Gasteiger partial charge is 0.465 e. The van der Waals surface area contributed by atoms with Crippen LogP contribution in [-0.4, -0.2) is 45.9 Å². The summed E-state index contributed by atoms with van der Waals surface area (Å²) in [5.74, 6) is -1.40. The van der Waals surface area contributed by atoms with Gasteiger partial charge in [-0.25, -0.2) is 14.4 Å². The molecule has 0 saturated heterocycles. The van der Waals surface area contributed by atoms with E-state index in [1.54, 1.807) is 17.5 Å². The zero-order valence-electron chi connectivity index (χ0n) is 13.7. The monoisotopic (exact) mass is 395 g/mol. The van der Waals surface area contributed by atoms with E-state index in [9.17, 15) is 14.4 Å². The van der Waals surface area contributed by atoms with Crippen LogP contribution >= 0.6 is 22.7 Å². The van der Waals surface area contributed by atoms with Crippen LogP contribution < -0.4 is 11.4 Å². The van der Waals surface area contributed by atoms with Gasteiger partial charge in [0.25, 0.3) is 0 Å². The molecule has 12 heteroatoms. The molecule has 2 N–H and O–H groups in total. The number of anilines is 1. The Hall–Kier alpha value is -2.99. The van der Waals surface area contributed by atoms with Gasteiger partial charge in [-0.1, -0.05) is 0 Å². The molecule has 3 rings (SSSR count). The Kier molecular flexibility index (Phi) is 4.86. The predicted octanol–water partition coefficient (Wildman–Crippen LogP) is 0.756. The average Bonchev–Trinajstić information content (AvgIpc) is 3.35. The molecular formula is C14H13N5O5S2. The minimum atomic E-state index is -0.720. The number of carbonyl (C=O) groups excluding carboxylic acids is 2. The number of thiophene rings is 2. The van der Waals surface area contributed by atoms with Crippen molar-refractivity contribution >= 4 is 39.6 Å². The number of esters is 2. The third-order valence-electron chi connectivity index (χ3n) is 3.46. The van der Waals surface area contributed by atoms with Gasteiger partial charge in [-0.3, -0.25) is 0 Å². The van der Waals surface area contributed by atoms with Gasteiger partial charge in [0, 0.05) is 5.56 Å². The molecule has 3 heterocycles. The Morgan fingerprint density at radius 3 is 2.58 bits per heavy atom. The number of tetrazole rings is 1. The van der Waals surface area contributed by atoms with Crippen molar-refractivity contribution in [2.24, 2.45) is 0 Å². The molecule has 26 heavy (non-hydrogen) atoms.